The minimum atomic E-state index is -0.190. The Morgan fingerprint density at radius 1 is 1.09 bits per heavy atom. The highest BCUT2D eigenvalue weighted by Crippen LogP contribution is 2.34. The maximum Gasteiger partial charge on any atom is 0.206 e. The summed E-state index contributed by atoms with van der Waals surface area (Å²) in [5.74, 6) is 1.23. The first-order valence-electron chi connectivity index (χ1n) is 11.6. The van der Waals surface area contributed by atoms with Gasteiger partial charge in [-0.3, -0.25) is 9.69 Å². The van der Waals surface area contributed by atoms with Crippen molar-refractivity contribution in [2.24, 2.45) is 0 Å². The minimum Gasteiger partial charge on any atom is -0.486 e. The third-order valence-electron chi connectivity index (χ3n) is 6.13. The minimum absolute atomic E-state index is 0.190. The third kappa shape index (κ3) is 5.34. The Hall–Kier alpha value is -3.34. The van der Waals surface area contributed by atoms with Crippen molar-refractivity contribution in [1.82, 2.24) is 9.88 Å². The summed E-state index contributed by atoms with van der Waals surface area (Å²) < 4.78 is 16.3. The van der Waals surface area contributed by atoms with Gasteiger partial charge in [-0.05, 0) is 42.5 Å². The highest BCUT2D eigenvalue weighted by Gasteiger charge is 2.21. The number of fused-ring (bicyclic) bond motifs is 1. The molecule has 1 saturated heterocycles. The second-order valence-electron chi connectivity index (χ2n) is 8.41. The Morgan fingerprint density at radius 2 is 1.83 bits per heavy atom. The molecule has 184 valence electrons. The Morgan fingerprint density at radius 3 is 2.57 bits per heavy atom. The van der Waals surface area contributed by atoms with Crippen molar-refractivity contribution in [3.05, 3.63) is 52.9 Å². The largest absolute Gasteiger partial charge is 0.486 e. The van der Waals surface area contributed by atoms with Gasteiger partial charge in [-0.2, -0.15) is 0 Å². The van der Waals surface area contributed by atoms with Crippen molar-refractivity contribution in [3.63, 3.8) is 0 Å². The molecule has 2 aromatic carbocycles. The molecule has 0 amide bonds. The van der Waals surface area contributed by atoms with E-state index in [0.717, 1.165) is 45.0 Å². The molecule has 0 radical (unpaired) electrons. The van der Waals surface area contributed by atoms with Gasteiger partial charge in [0.2, 0.25) is 5.78 Å². The van der Waals surface area contributed by atoms with Crippen molar-refractivity contribution in [2.75, 3.05) is 75.6 Å². The molecule has 0 bridgehead atoms. The lowest BCUT2D eigenvalue weighted by atomic mass is 10.1. The number of nitrogens with one attached hydrogen (secondary N) is 1. The number of nitrogens with zero attached hydrogens (tertiary/aromatic N) is 3. The second kappa shape index (κ2) is 10.5. The number of thiazole rings is 1. The number of aromatic nitrogens is 1. The standard InChI is InChI=1S/C25H29N5O4S/c1-32-13-12-29-8-10-30(11-9-29)19-5-3-18(4-6-19)27-25-28-24(26)23(35-25)22(31)17-2-7-20-21(16-17)34-15-14-33-20/h2-7,16H,8-15,26H2,1H3,(H,27,28). The molecule has 0 unspecified atom stereocenters. The van der Waals surface area contributed by atoms with Crippen LogP contribution in [0.15, 0.2) is 42.5 Å². The number of carbonyl (C=O) groups excluding carboxylic acids is 1. The van der Waals surface area contributed by atoms with E-state index in [1.807, 2.05) is 12.1 Å². The number of ketones is 1. The molecule has 0 aliphatic carbocycles. The molecule has 10 heteroatoms. The van der Waals surface area contributed by atoms with E-state index < -0.39 is 0 Å². The van der Waals surface area contributed by atoms with E-state index in [2.05, 4.69) is 32.2 Å². The molecule has 1 aromatic heterocycles. The van der Waals surface area contributed by atoms with E-state index in [9.17, 15) is 4.79 Å². The number of hydrogen-bond acceptors (Lipinski definition) is 10. The average Bonchev–Trinajstić information content (AvgIpc) is 3.27. The fourth-order valence-corrected chi connectivity index (χ4v) is 5.06. The van der Waals surface area contributed by atoms with Gasteiger partial charge in [0.15, 0.2) is 16.6 Å². The van der Waals surface area contributed by atoms with Crippen LogP contribution in [0.25, 0.3) is 0 Å². The van der Waals surface area contributed by atoms with Crippen LogP contribution >= 0.6 is 11.3 Å². The van der Waals surface area contributed by atoms with Crippen LogP contribution < -0.4 is 25.4 Å². The zero-order valence-electron chi connectivity index (χ0n) is 19.7. The summed E-state index contributed by atoms with van der Waals surface area (Å²) in [4.78, 5) is 22.6. The van der Waals surface area contributed by atoms with E-state index in [-0.39, 0.29) is 11.6 Å². The maximum atomic E-state index is 13.1. The lowest BCUT2D eigenvalue weighted by Gasteiger charge is -2.36. The van der Waals surface area contributed by atoms with Crippen LogP contribution in [0, 0.1) is 0 Å². The first kappa shape index (κ1) is 23.4. The molecular formula is C25H29N5O4S. The predicted molar refractivity (Wildman–Crippen MR) is 138 cm³/mol. The molecule has 0 atom stereocenters. The van der Waals surface area contributed by atoms with Gasteiger partial charge in [0, 0.05) is 56.8 Å². The third-order valence-corrected chi connectivity index (χ3v) is 7.12. The van der Waals surface area contributed by atoms with Crippen molar-refractivity contribution in [3.8, 4) is 11.5 Å². The first-order chi connectivity index (χ1) is 17.1. The molecule has 0 saturated carbocycles. The van der Waals surface area contributed by atoms with E-state index in [1.54, 1.807) is 25.3 Å². The fourth-order valence-electron chi connectivity index (χ4n) is 4.19. The summed E-state index contributed by atoms with van der Waals surface area (Å²) in [5.41, 5.74) is 8.67. The Bertz CT molecular complexity index is 1180. The summed E-state index contributed by atoms with van der Waals surface area (Å²) >= 11 is 1.24. The Kier molecular flexibility index (Phi) is 7.03. The maximum absolute atomic E-state index is 13.1. The SMILES string of the molecule is COCCN1CCN(c2ccc(Nc3nc(N)c(C(=O)c4ccc5c(c4)OCCO5)s3)cc2)CC1. The van der Waals surface area contributed by atoms with Crippen LogP contribution in [0.1, 0.15) is 15.2 Å². The fraction of sp³-hybridized carbons (Fsp3) is 0.360. The van der Waals surface area contributed by atoms with Gasteiger partial charge in [0.05, 0.1) is 6.61 Å². The zero-order valence-corrected chi connectivity index (χ0v) is 20.5. The van der Waals surface area contributed by atoms with Gasteiger partial charge in [-0.25, -0.2) is 4.98 Å². The molecular weight excluding hydrogens is 466 g/mol. The summed E-state index contributed by atoms with van der Waals surface area (Å²) in [7, 11) is 1.74. The van der Waals surface area contributed by atoms with E-state index in [1.165, 1.54) is 17.0 Å². The molecule has 35 heavy (non-hydrogen) atoms. The first-order valence-corrected chi connectivity index (χ1v) is 12.5. The van der Waals surface area contributed by atoms with Gasteiger partial charge in [-0.1, -0.05) is 11.3 Å². The van der Waals surface area contributed by atoms with Gasteiger partial charge in [-0.15, -0.1) is 0 Å². The number of nitrogen functional groups attached to an aromatic ring is 1. The second-order valence-corrected chi connectivity index (χ2v) is 9.41. The van der Waals surface area contributed by atoms with Crippen molar-refractivity contribution >= 4 is 39.4 Å². The molecule has 5 rings (SSSR count). The molecule has 2 aliphatic heterocycles. The highest BCUT2D eigenvalue weighted by atomic mass is 32.1. The normalized spacial score (nSPS) is 15.7. The van der Waals surface area contributed by atoms with Crippen LogP contribution in [0.4, 0.5) is 22.3 Å². The van der Waals surface area contributed by atoms with Crippen molar-refractivity contribution < 1.29 is 19.0 Å². The summed E-state index contributed by atoms with van der Waals surface area (Å²) in [6.45, 7) is 6.75. The number of hydrogen-bond donors (Lipinski definition) is 2. The summed E-state index contributed by atoms with van der Waals surface area (Å²) in [6, 6.07) is 13.4. The molecule has 3 heterocycles. The number of ether oxygens (including phenoxy) is 3. The number of benzene rings is 2. The lowest BCUT2D eigenvalue weighted by molar-refractivity contribution is 0.104. The molecule has 1 fully saturated rings. The summed E-state index contributed by atoms with van der Waals surface area (Å²) in [5, 5.41) is 3.84. The van der Waals surface area contributed by atoms with E-state index >= 15 is 0 Å². The number of anilines is 4. The number of carbonyl (C=O) groups is 1. The topological polar surface area (TPSA) is 102 Å². The lowest BCUT2D eigenvalue weighted by Crippen LogP contribution is -2.47. The molecule has 3 aromatic rings. The van der Waals surface area contributed by atoms with E-state index in [4.69, 9.17) is 19.9 Å². The number of rotatable bonds is 8. The van der Waals surface area contributed by atoms with E-state index in [0.29, 0.717) is 40.3 Å². The quantitative estimate of drug-likeness (QED) is 0.456. The van der Waals surface area contributed by atoms with Crippen LogP contribution in [-0.4, -0.2) is 75.3 Å². The molecule has 0 spiro atoms. The molecule has 3 N–H and O–H groups in total. The zero-order chi connectivity index (χ0) is 24.2. The monoisotopic (exact) mass is 495 g/mol. The Balaban J connectivity index is 1.22. The van der Waals surface area contributed by atoms with Crippen LogP contribution in [0.2, 0.25) is 0 Å². The Labute approximate surface area is 208 Å². The van der Waals surface area contributed by atoms with Crippen molar-refractivity contribution in [2.45, 2.75) is 0 Å². The van der Waals surface area contributed by atoms with Crippen LogP contribution in [0.3, 0.4) is 0 Å². The average molecular weight is 496 g/mol. The smallest absolute Gasteiger partial charge is 0.206 e. The van der Waals surface area contributed by atoms with Crippen molar-refractivity contribution in [1.29, 1.82) is 0 Å². The predicted octanol–water partition coefficient (Wildman–Crippen LogP) is 3.24. The van der Waals surface area contributed by atoms with Crippen LogP contribution in [0.5, 0.6) is 11.5 Å². The highest BCUT2D eigenvalue weighted by molar-refractivity contribution is 7.18. The number of nitrogens with two attached hydrogens (primary N) is 1. The summed E-state index contributed by atoms with van der Waals surface area (Å²) in [6.07, 6.45) is 0. The number of piperazine rings is 1. The number of methoxy groups -OCH3 is 1. The van der Waals surface area contributed by atoms with Gasteiger partial charge >= 0.3 is 0 Å². The van der Waals surface area contributed by atoms with Gasteiger partial charge in [0.1, 0.15) is 23.9 Å². The van der Waals surface area contributed by atoms with Gasteiger partial charge in [0.25, 0.3) is 0 Å². The molecule has 9 nitrogen and oxygen atoms in total. The molecule has 2 aliphatic rings. The van der Waals surface area contributed by atoms with Gasteiger partial charge < -0.3 is 30.2 Å². The van der Waals surface area contributed by atoms with Crippen LogP contribution in [-0.2, 0) is 4.74 Å².